The van der Waals surface area contributed by atoms with Crippen LogP contribution in [0.25, 0.3) is 0 Å². The number of ketones is 2. The predicted octanol–water partition coefficient (Wildman–Crippen LogP) is 6.13. The van der Waals surface area contributed by atoms with Gasteiger partial charge in [0.15, 0.2) is 0 Å². The average molecular weight is 599 g/mol. The zero-order chi connectivity index (χ0) is 23.4. The zero-order valence-electron chi connectivity index (χ0n) is 16.9. The highest BCUT2D eigenvalue weighted by molar-refractivity contribution is 9.10. The molecule has 2 aromatic heterocycles. The van der Waals surface area contributed by atoms with Crippen LogP contribution in [0, 0.1) is 0 Å². The van der Waals surface area contributed by atoms with Crippen molar-refractivity contribution in [3.63, 3.8) is 0 Å². The fourth-order valence-corrected chi connectivity index (χ4v) is 4.07. The van der Waals surface area contributed by atoms with E-state index in [0.29, 0.717) is 41.5 Å². The molecule has 164 valence electrons. The van der Waals surface area contributed by atoms with Gasteiger partial charge in [0.05, 0.1) is 8.95 Å². The van der Waals surface area contributed by atoms with Crippen LogP contribution in [0.2, 0.25) is 10.0 Å². The molecule has 0 aliphatic heterocycles. The van der Waals surface area contributed by atoms with Gasteiger partial charge < -0.3 is 0 Å². The van der Waals surface area contributed by atoms with E-state index in [2.05, 4.69) is 42.1 Å². The lowest BCUT2D eigenvalue weighted by atomic mass is 10.1. The third kappa shape index (κ3) is 5.95. The van der Waals surface area contributed by atoms with E-state index in [4.69, 9.17) is 23.2 Å². The Balaban J connectivity index is 0.000000181. The van der Waals surface area contributed by atoms with Crippen molar-refractivity contribution < 1.29 is 9.59 Å². The van der Waals surface area contributed by atoms with Crippen molar-refractivity contribution in [3.05, 3.63) is 102 Å². The summed E-state index contributed by atoms with van der Waals surface area (Å²) in [7, 11) is 3.53. The number of rotatable bonds is 4. The number of hydrogen-bond donors (Lipinski definition) is 0. The molecule has 0 saturated heterocycles. The van der Waals surface area contributed by atoms with E-state index in [1.807, 2.05) is 0 Å². The SMILES string of the molecule is Cn1cc(Br)c(C(=O)c2ccc(Cl)cc2)n1.Cn1cc(Br)c(C(=O)c2ccc(Cl)cc2)n1. The summed E-state index contributed by atoms with van der Waals surface area (Å²) in [4.78, 5) is 24.1. The number of nitrogens with zero attached hydrogens (tertiary/aromatic N) is 4. The average Bonchev–Trinajstić information content (AvgIpc) is 3.28. The molecule has 0 saturated carbocycles. The number of benzene rings is 2. The lowest BCUT2D eigenvalue weighted by Gasteiger charge is -1.98. The standard InChI is InChI=1S/2C11H8BrClN2O/c2*1-15-6-9(12)10(14-15)11(16)7-2-4-8(13)5-3-7/h2*2-6H,1H3. The summed E-state index contributed by atoms with van der Waals surface area (Å²) in [6.45, 7) is 0. The molecule has 0 aliphatic carbocycles. The van der Waals surface area contributed by atoms with Gasteiger partial charge in [-0.3, -0.25) is 19.0 Å². The van der Waals surface area contributed by atoms with E-state index in [1.165, 1.54) is 0 Å². The molecule has 0 unspecified atom stereocenters. The van der Waals surface area contributed by atoms with Crippen molar-refractivity contribution in [3.8, 4) is 0 Å². The van der Waals surface area contributed by atoms with Crippen molar-refractivity contribution in [2.24, 2.45) is 14.1 Å². The molecule has 4 rings (SSSR count). The Morgan fingerprint density at radius 1 is 0.688 bits per heavy atom. The molecule has 0 amide bonds. The molecule has 10 heteroatoms. The molecule has 2 aromatic carbocycles. The molecule has 6 nitrogen and oxygen atoms in total. The van der Waals surface area contributed by atoms with Crippen LogP contribution < -0.4 is 0 Å². The molecule has 0 spiro atoms. The molecule has 0 aliphatic rings. The monoisotopic (exact) mass is 596 g/mol. The Morgan fingerprint density at radius 2 is 1.00 bits per heavy atom. The summed E-state index contributed by atoms with van der Waals surface area (Å²) < 4.78 is 4.56. The minimum atomic E-state index is -0.121. The maximum atomic E-state index is 12.0. The highest BCUT2D eigenvalue weighted by Gasteiger charge is 2.17. The fraction of sp³-hybridized carbons (Fsp3) is 0.0909. The normalized spacial score (nSPS) is 10.4. The summed E-state index contributed by atoms with van der Waals surface area (Å²) in [6.07, 6.45) is 3.48. The van der Waals surface area contributed by atoms with Crippen molar-refractivity contribution in [1.82, 2.24) is 19.6 Å². The minimum Gasteiger partial charge on any atom is -0.287 e. The second kappa shape index (κ2) is 10.6. The van der Waals surface area contributed by atoms with Crippen molar-refractivity contribution in [2.75, 3.05) is 0 Å². The van der Waals surface area contributed by atoms with Crippen LogP contribution in [0.5, 0.6) is 0 Å². The quantitative estimate of drug-likeness (QED) is 0.265. The molecule has 2 heterocycles. The summed E-state index contributed by atoms with van der Waals surface area (Å²) in [6, 6.07) is 13.5. The highest BCUT2D eigenvalue weighted by atomic mass is 79.9. The molecule has 0 atom stereocenters. The fourth-order valence-electron chi connectivity index (χ4n) is 2.70. The third-order valence-electron chi connectivity index (χ3n) is 4.21. The van der Waals surface area contributed by atoms with E-state index in [0.717, 1.165) is 0 Å². The lowest BCUT2D eigenvalue weighted by molar-refractivity contribution is 0.102. The Hall–Kier alpha value is -2.26. The van der Waals surface area contributed by atoms with Gasteiger partial charge in [0, 0.05) is 47.7 Å². The number of hydrogen-bond acceptors (Lipinski definition) is 4. The van der Waals surface area contributed by atoms with Crippen LogP contribution in [-0.4, -0.2) is 31.1 Å². The van der Waals surface area contributed by atoms with Crippen LogP contribution in [0.1, 0.15) is 32.1 Å². The Bertz CT molecular complexity index is 1170. The summed E-state index contributed by atoms with van der Waals surface area (Å²) >= 11 is 18.1. The van der Waals surface area contributed by atoms with Gasteiger partial charge in [0.2, 0.25) is 11.6 Å². The molecular weight excluding hydrogens is 583 g/mol. The molecular formula is C22H16Br2Cl2N4O2. The van der Waals surface area contributed by atoms with Crippen molar-refractivity contribution in [1.29, 1.82) is 0 Å². The smallest absolute Gasteiger partial charge is 0.214 e. The number of aromatic nitrogens is 4. The Labute approximate surface area is 211 Å². The highest BCUT2D eigenvalue weighted by Crippen LogP contribution is 2.20. The molecule has 32 heavy (non-hydrogen) atoms. The largest absolute Gasteiger partial charge is 0.287 e. The number of halogens is 4. The maximum Gasteiger partial charge on any atom is 0.214 e. The topological polar surface area (TPSA) is 69.8 Å². The summed E-state index contributed by atoms with van der Waals surface area (Å²) in [5, 5.41) is 9.41. The van der Waals surface area contributed by atoms with E-state index in [1.54, 1.807) is 84.4 Å². The predicted molar refractivity (Wildman–Crippen MR) is 132 cm³/mol. The van der Waals surface area contributed by atoms with Gasteiger partial charge in [0.25, 0.3) is 0 Å². The van der Waals surface area contributed by atoms with Gasteiger partial charge >= 0.3 is 0 Å². The first-order chi connectivity index (χ1) is 15.2. The van der Waals surface area contributed by atoms with Crippen LogP contribution in [0.4, 0.5) is 0 Å². The van der Waals surface area contributed by atoms with Gasteiger partial charge in [0.1, 0.15) is 11.4 Å². The van der Waals surface area contributed by atoms with E-state index >= 15 is 0 Å². The van der Waals surface area contributed by atoms with Gasteiger partial charge in [-0.25, -0.2) is 0 Å². The zero-order valence-corrected chi connectivity index (χ0v) is 21.6. The molecule has 0 N–H and O–H groups in total. The first-order valence-corrected chi connectivity index (χ1v) is 11.5. The van der Waals surface area contributed by atoms with Crippen LogP contribution in [0.15, 0.2) is 69.9 Å². The molecule has 0 bridgehead atoms. The van der Waals surface area contributed by atoms with Crippen molar-refractivity contribution in [2.45, 2.75) is 0 Å². The minimum absolute atomic E-state index is 0.121. The molecule has 0 radical (unpaired) electrons. The van der Waals surface area contributed by atoms with Gasteiger partial charge in [-0.05, 0) is 80.4 Å². The summed E-state index contributed by atoms with van der Waals surface area (Å²) in [5.74, 6) is -0.242. The second-order valence-electron chi connectivity index (χ2n) is 6.67. The number of aryl methyl sites for hydroxylation is 2. The van der Waals surface area contributed by atoms with Crippen LogP contribution >= 0.6 is 55.1 Å². The number of carbonyl (C=O) groups excluding carboxylic acids is 2. The van der Waals surface area contributed by atoms with Crippen LogP contribution in [0.3, 0.4) is 0 Å². The third-order valence-corrected chi connectivity index (χ3v) is 5.88. The van der Waals surface area contributed by atoms with Gasteiger partial charge in [-0.15, -0.1) is 0 Å². The van der Waals surface area contributed by atoms with Gasteiger partial charge in [-0.1, -0.05) is 23.2 Å². The van der Waals surface area contributed by atoms with E-state index in [-0.39, 0.29) is 11.6 Å². The van der Waals surface area contributed by atoms with Crippen LogP contribution in [-0.2, 0) is 14.1 Å². The first-order valence-electron chi connectivity index (χ1n) is 9.14. The van der Waals surface area contributed by atoms with Gasteiger partial charge in [-0.2, -0.15) is 10.2 Å². The lowest BCUT2D eigenvalue weighted by Crippen LogP contribution is -2.03. The second-order valence-corrected chi connectivity index (χ2v) is 9.25. The number of carbonyl (C=O) groups is 2. The first kappa shape index (κ1) is 24.4. The van der Waals surface area contributed by atoms with E-state index in [9.17, 15) is 9.59 Å². The van der Waals surface area contributed by atoms with E-state index < -0.39 is 0 Å². The Morgan fingerprint density at radius 3 is 1.25 bits per heavy atom. The molecule has 0 fully saturated rings. The maximum absolute atomic E-state index is 12.0. The van der Waals surface area contributed by atoms with Crippen molar-refractivity contribution >= 4 is 66.6 Å². The summed E-state index contributed by atoms with van der Waals surface area (Å²) in [5.41, 5.74) is 1.96. The Kier molecular flexibility index (Phi) is 8.05. The molecule has 4 aromatic rings.